The predicted octanol–water partition coefficient (Wildman–Crippen LogP) is 8.97. The second-order valence-electron chi connectivity index (χ2n) is 11.4. The molecule has 0 heterocycles. The van der Waals surface area contributed by atoms with E-state index in [1.54, 1.807) is 12.2 Å². The molecule has 0 aliphatic carbocycles. The average Bonchev–Trinajstić information content (AvgIpc) is 3.00. The number of rotatable bonds is 29. The SMILES string of the molecule is CCC/C=C\CCCCCCCC/C=C/[C@@H](O)[C@H](CO)NC(=O)CCC[C@@H](O)/C=C/C=C\C/C=C\C/C=C\CCCCC. The molecule has 43 heavy (non-hydrogen) atoms. The Morgan fingerprint density at radius 1 is 0.628 bits per heavy atom. The van der Waals surface area contributed by atoms with Gasteiger partial charge in [0, 0.05) is 6.42 Å². The van der Waals surface area contributed by atoms with Crippen LogP contribution in [0.15, 0.2) is 72.9 Å². The zero-order valence-electron chi connectivity index (χ0n) is 27.6. The van der Waals surface area contributed by atoms with Crippen molar-refractivity contribution in [1.29, 1.82) is 0 Å². The first-order valence-electron chi connectivity index (χ1n) is 17.3. The molecule has 0 saturated carbocycles. The third-order valence-electron chi connectivity index (χ3n) is 7.24. The molecule has 0 fully saturated rings. The van der Waals surface area contributed by atoms with Crippen LogP contribution in [-0.2, 0) is 4.79 Å². The highest BCUT2D eigenvalue weighted by atomic mass is 16.3. The molecule has 0 bridgehead atoms. The summed E-state index contributed by atoms with van der Waals surface area (Å²) in [6, 6.07) is -0.721. The second kappa shape index (κ2) is 32.7. The van der Waals surface area contributed by atoms with Crippen LogP contribution in [0, 0.1) is 0 Å². The number of hydrogen-bond acceptors (Lipinski definition) is 4. The van der Waals surface area contributed by atoms with Gasteiger partial charge in [0.25, 0.3) is 0 Å². The molecule has 5 heteroatoms. The van der Waals surface area contributed by atoms with E-state index >= 15 is 0 Å². The van der Waals surface area contributed by atoms with E-state index < -0.39 is 18.2 Å². The van der Waals surface area contributed by atoms with E-state index in [9.17, 15) is 20.1 Å². The Bertz CT molecular complexity index is 796. The molecule has 0 aromatic rings. The van der Waals surface area contributed by atoms with Crippen molar-refractivity contribution in [2.45, 2.75) is 154 Å². The summed E-state index contributed by atoms with van der Waals surface area (Å²) in [5.74, 6) is -0.231. The van der Waals surface area contributed by atoms with Crippen LogP contribution in [0.3, 0.4) is 0 Å². The van der Waals surface area contributed by atoms with E-state index in [-0.39, 0.29) is 18.9 Å². The van der Waals surface area contributed by atoms with Crippen molar-refractivity contribution in [2.24, 2.45) is 0 Å². The van der Waals surface area contributed by atoms with Gasteiger partial charge in [-0.25, -0.2) is 0 Å². The molecule has 0 aliphatic rings. The van der Waals surface area contributed by atoms with Gasteiger partial charge < -0.3 is 20.6 Å². The Morgan fingerprint density at radius 3 is 1.88 bits per heavy atom. The topological polar surface area (TPSA) is 89.8 Å². The van der Waals surface area contributed by atoms with Gasteiger partial charge >= 0.3 is 0 Å². The molecule has 246 valence electrons. The number of hydrogen-bond donors (Lipinski definition) is 4. The van der Waals surface area contributed by atoms with Crippen LogP contribution in [0.1, 0.15) is 136 Å². The minimum Gasteiger partial charge on any atom is -0.394 e. The molecule has 0 radical (unpaired) electrons. The van der Waals surface area contributed by atoms with E-state index in [2.05, 4.69) is 55.6 Å². The summed E-state index contributed by atoms with van der Waals surface area (Å²) in [5.41, 5.74) is 0. The van der Waals surface area contributed by atoms with Gasteiger partial charge in [-0.05, 0) is 70.6 Å². The maximum Gasteiger partial charge on any atom is 0.220 e. The van der Waals surface area contributed by atoms with Crippen molar-refractivity contribution in [2.75, 3.05) is 6.61 Å². The lowest BCUT2D eigenvalue weighted by molar-refractivity contribution is -0.123. The van der Waals surface area contributed by atoms with Gasteiger partial charge in [0.05, 0.1) is 24.9 Å². The number of carbonyl (C=O) groups is 1. The lowest BCUT2D eigenvalue weighted by Gasteiger charge is -2.20. The monoisotopic (exact) mass is 599 g/mol. The van der Waals surface area contributed by atoms with E-state index in [0.717, 1.165) is 25.7 Å². The molecule has 0 spiro atoms. The van der Waals surface area contributed by atoms with Crippen molar-refractivity contribution >= 4 is 5.91 Å². The first-order valence-corrected chi connectivity index (χ1v) is 17.3. The number of amides is 1. The van der Waals surface area contributed by atoms with Crippen molar-refractivity contribution < 1.29 is 20.1 Å². The molecule has 0 unspecified atom stereocenters. The smallest absolute Gasteiger partial charge is 0.220 e. The maximum atomic E-state index is 12.3. The second-order valence-corrected chi connectivity index (χ2v) is 11.4. The Kier molecular flexibility index (Phi) is 31.0. The number of aliphatic hydroxyl groups is 3. The van der Waals surface area contributed by atoms with Crippen molar-refractivity contribution in [1.82, 2.24) is 5.32 Å². The number of allylic oxidation sites excluding steroid dienone is 10. The van der Waals surface area contributed by atoms with Crippen LogP contribution in [0.5, 0.6) is 0 Å². The van der Waals surface area contributed by atoms with Crippen LogP contribution in [0.4, 0.5) is 0 Å². The standard InChI is InChI=1S/C38H65NO4/c1-3-5-7-9-11-13-15-17-19-21-23-25-27-30-35(41)31-29-33-38(43)39-36(34-40)37(42)32-28-26-24-22-20-18-16-14-12-10-8-6-4-2/h8,10-11,13,17,19,23,25,27-28,30,32,35-37,40-42H,3-7,9,12,14-16,18,20-22,24,26,29,31,33-34H2,1-2H3,(H,39,43)/b10-8-,13-11-,19-17-,25-23-,30-27+,32-28+/t35-,36-,37+/m0/s1. The summed E-state index contributed by atoms with van der Waals surface area (Å²) in [6.07, 6.45) is 42.9. The van der Waals surface area contributed by atoms with Gasteiger partial charge in [0.1, 0.15) is 0 Å². The number of carbonyl (C=O) groups excluding carboxylic acids is 1. The fraction of sp³-hybridized carbons (Fsp3) is 0.658. The van der Waals surface area contributed by atoms with E-state index in [0.29, 0.717) is 12.8 Å². The number of nitrogens with one attached hydrogen (secondary N) is 1. The highest BCUT2D eigenvalue weighted by Gasteiger charge is 2.18. The van der Waals surface area contributed by atoms with Gasteiger partial charge in [0.15, 0.2) is 0 Å². The maximum absolute atomic E-state index is 12.3. The number of aliphatic hydroxyl groups excluding tert-OH is 3. The Hall–Kier alpha value is -2.21. The normalized spacial score (nSPS) is 14.8. The summed E-state index contributed by atoms with van der Waals surface area (Å²) in [4.78, 5) is 12.3. The largest absolute Gasteiger partial charge is 0.394 e. The molecular formula is C38H65NO4. The third-order valence-corrected chi connectivity index (χ3v) is 7.24. The van der Waals surface area contributed by atoms with Crippen LogP contribution < -0.4 is 5.32 Å². The van der Waals surface area contributed by atoms with Gasteiger partial charge in [-0.2, -0.15) is 0 Å². The zero-order chi connectivity index (χ0) is 31.6. The summed E-state index contributed by atoms with van der Waals surface area (Å²) >= 11 is 0. The molecule has 5 nitrogen and oxygen atoms in total. The van der Waals surface area contributed by atoms with Gasteiger partial charge in [-0.3, -0.25) is 4.79 Å². The summed E-state index contributed by atoms with van der Waals surface area (Å²) in [5, 5.41) is 32.9. The molecular weight excluding hydrogens is 534 g/mol. The average molecular weight is 600 g/mol. The predicted molar refractivity (Wildman–Crippen MR) is 185 cm³/mol. The Balaban J connectivity index is 3.94. The molecule has 0 aliphatic heterocycles. The van der Waals surface area contributed by atoms with Crippen molar-refractivity contribution in [3.05, 3.63) is 72.9 Å². The first-order chi connectivity index (χ1) is 21.0. The summed E-state index contributed by atoms with van der Waals surface area (Å²) in [7, 11) is 0. The van der Waals surface area contributed by atoms with Crippen LogP contribution in [0.25, 0.3) is 0 Å². The molecule has 0 aromatic heterocycles. The molecule has 3 atom stereocenters. The Labute approximate surface area is 264 Å². The molecule has 1 amide bonds. The minimum atomic E-state index is -0.920. The molecule has 0 saturated heterocycles. The quantitative estimate of drug-likeness (QED) is 0.0392. The highest BCUT2D eigenvalue weighted by molar-refractivity contribution is 5.76. The van der Waals surface area contributed by atoms with Gasteiger partial charge in [-0.15, -0.1) is 0 Å². The zero-order valence-corrected chi connectivity index (χ0v) is 27.6. The lowest BCUT2D eigenvalue weighted by Crippen LogP contribution is -2.45. The summed E-state index contributed by atoms with van der Waals surface area (Å²) < 4.78 is 0. The minimum absolute atomic E-state index is 0.231. The van der Waals surface area contributed by atoms with Crippen molar-refractivity contribution in [3.8, 4) is 0 Å². The van der Waals surface area contributed by atoms with Crippen LogP contribution in [-0.4, -0.2) is 46.1 Å². The van der Waals surface area contributed by atoms with E-state index in [1.807, 2.05) is 24.3 Å². The lowest BCUT2D eigenvalue weighted by atomic mass is 10.1. The summed E-state index contributed by atoms with van der Waals surface area (Å²) in [6.45, 7) is 4.10. The fourth-order valence-electron chi connectivity index (χ4n) is 4.51. The van der Waals surface area contributed by atoms with Crippen LogP contribution in [0.2, 0.25) is 0 Å². The molecule has 4 N–H and O–H groups in total. The fourth-order valence-corrected chi connectivity index (χ4v) is 4.51. The molecule has 0 rings (SSSR count). The van der Waals surface area contributed by atoms with Gasteiger partial charge in [-0.1, -0.05) is 132 Å². The van der Waals surface area contributed by atoms with E-state index in [1.165, 1.54) is 77.0 Å². The van der Waals surface area contributed by atoms with Crippen LogP contribution >= 0.6 is 0 Å². The first kappa shape index (κ1) is 40.8. The number of unbranched alkanes of at least 4 members (excludes halogenated alkanes) is 11. The molecule has 0 aromatic carbocycles. The van der Waals surface area contributed by atoms with Gasteiger partial charge in [0.2, 0.25) is 5.91 Å². The third kappa shape index (κ3) is 29.6. The Morgan fingerprint density at radius 2 is 1.21 bits per heavy atom. The van der Waals surface area contributed by atoms with E-state index in [4.69, 9.17) is 0 Å². The van der Waals surface area contributed by atoms with Crippen molar-refractivity contribution in [3.63, 3.8) is 0 Å². The highest BCUT2D eigenvalue weighted by Crippen LogP contribution is 2.10.